The zero-order valence-corrected chi connectivity index (χ0v) is 10.3. The first-order chi connectivity index (χ1) is 7.59. The molecule has 0 aromatic carbocycles. The molecule has 0 radical (unpaired) electrons. The van der Waals surface area contributed by atoms with E-state index in [0.29, 0.717) is 0 Å². The highest BCUT2D eigenvalue weighted by Gasteiger charge is 2.15. The van der Waals surface area contributed by atoms with Gasteiger partial charge in [0.1, 0.15) is 0 Å². The van der Waals surface area contributed by atoms with Gasteiger partial charge in [-0.2, -0.15) is 0 Å². The molecule has 0 saturated carbocycles. The Kier molecular flexibility index (Phi) is 5.73. The van der Waals surface area contributed by atoms with Crippen molar-refractivity contribution in [3.8, 4) is 0 Å². The van der Waals surface area contributed by atoms with Gasteiger partial charge in [-0.3, -0.25) is 9.69 Å². The first kappa shape index (κ1) is 13.4. The van der Waals surface area contributed by atoms with Gasteiger partial charge in [0, 0.05) is 45.3 Å². The highest BCUT2D eigenvalue weighted by molar-refractivity contribution is 5.67. The van der Waals surface area contributed by atoms with Crippen molar-refractivity contribution in [3.05, 3.63) is 0 Å². The minimum atomic E-state index is -0.721. The summed E-state index contributed by atoms with van der Waals surface area (Å²) >= 11 is 0. The second-order valence-corrected chi connectivity index (χ2v) is 4.52. The minimum absolute atomic E-state index is 0.111. The van der Waals surface area contributed by atoms with Crippen LogP contribution in [-0.2, 0) is 4.79 Å². The first-order valence-corrected chi connectivity index (χ1v) is 5.94. The lowest BCUT2D eigenvalue weighted by atomic mass is 10.2. The third-order valence-electron chi connectivity index (χ3n) is 3.20. The van der Waals surface area contributed by atoms with E-state index in [9.17, 15) is 4.79 Å². The molecule has 0 bridgehead atoms. The maximum atomic E-state index is 10.6. The molecular weight excluding hydrogens is 206 g/mol. The molecule has 94 valence electrons. The Morgan fingerprint density at radius 1 is 1.50 bits per heavy atom. The molecule has 0 amide bonds. The van der Waals surface area contributed by atoms with E-state index in [4.69, 9.17) is 5.11 Å². The largest absolute Gasteiger partial charge is 0.481 e. The predicted octanol–water partition coefficient (Wildman–Crippen LogP) is -0.313. The SMILES string of the molecule is CC(CC(=O)O)N(C)CCN1CCNCC1. The van der Waals surface area contributed by atoms with E-state index in [-0.39, 0.29) is 12.5 Å². The third kappa shape index (κ3) is 4.92. The topological polar surface area (TPSA) is 55.8 Å². The molecule has 5 nitrogen and oxygen atoms in total. The summed E-state index contributed by atoms with van der Waals surface area (Å²) in [6, 6.07) is 0.111. The molecule has 0 spiro atoms. The molecular formula is C11H23N3O2. The van der Waals surface area contributed by atoms with Crippen LogP contribution in [0, 0.1) is 0 Å². The minimum Gasteiger partial charge on any atom is -0.481 e. The number of nitrogens with one attached hydrogen (secondary N) is 1. The van der Waals surface area contributed by atoms with E-state index in [2.05, 4.69) is 15.1 Å². The van der Waals surface area contributed by atoms with Crippen LogP contribution in [-0.4, -0.2) is 73.2 Å². The fourth-order valence-electron chi connectivity index (χ4n) is 1.86. The van der Waals surface area contributed by atoms with Crippen LogP contribution >= 0.6 is 0 Å². The molecule has 1 fully saturated rings. The Balaban J connectivity index is 2.17. The molecule has 1 heterocycles. The Morgan fingerprint density at radius 3 is 2.69 bits per heavy atom. The summed E-state index contributed by atoms with van der Waals surface area (Å²) in [5.74, 6) is -0.721. The van der Waals surface area contributed by atoms with E-state index >= 15 is 0 Å². The van der Waals surface area contributed by atoms with Gasteiger partial charge >= 0.3 is 5.97 Å². The smallest absolute Gasteiger partial charge is 0.304 e. The second-order valence-electron chi connectivity index (χ2n) is 4.52. The fraction of sp³-hybridized carbons (Fsp3) is 0.909. The first-order valence-electron chi connectivity index (χ1n) is 5.94. The lowest BCUT2D eigenvalue weighted by molar-refractivity contribution is -0.138. The number of hydrogen-bond donors (Lipinski definition) is 2. The molecule has 1 unspecified atom stereocenters. The van der Waals surface area contributed by atoms with E-state index in [1.54, 1.807) is 0 Å². The normalized spacial score (nSPS) is 19.9. The maximum absolute atomic E-state index is 10.6. The van der Waals surface area contributed by atoms with Crippen LogP contribution < -0.4 is 5.32 Å². The molecule has 0 aromatic heterocycles. The quantitative estimate of drug-likeness (QED) is 0.654. The van der Waals surface area contributed by atoms with Gasteiger partial charge in [0.05, 0.1) is 6.42 Å². The van der Waals surface area contributed by atoms with Crippen LogP contribution in [0.3, 0.4) is 0 Å². The molecule has 1 rings (SSSR count). The average molecular weight is 229 g/mol. The Hall–Kier alpha value is -0.650. The summed E-state index contributed by atoms with van der Waals surface area (Å²) in [5, 5.41) is 12.0. The maximum Gasteiger partial charge on any atom is 0.304 e. The van der Waals surface area contributed by atoms with Gasteiger partial charge in [0.15, 0.2) is 0 Å². The van der Waals surface area contributed by atoms with Crippen molar-refractivity contribution >= 4 is 5.97 Å². The van der Waals surface area contributed by atoms with E-state index in [0.717, 1.165) is 39.3 Å². The van der Waals surface area contributed by atoms with Gasteiger partial charge in [-0.25, -0.2) is 0 Å². The van der Waals surface area contributed by atoms with Gasteiger partial charge in [0.25, 0.3) is 0 Å². The Morgan fingerprint density at radius 2 is 2.12 bits per heavy atom. The number of aliphatic carboxylic acids is 1. The van der Waals surface area contributed by atoms with Crippen molar-refractivity contribution in [1.29, 1.82) is 0 Å². The predicted molar refractivity (Wildman–Crippen MR) is 63.7 cm³/mol. The molecule has 5 heteroatoms. The van der Waals surface area contributed by atoms with Crippen LogP contribution in [0.15, 0.2) is 0 Å². The van der Waals surface area contributed by atoms with Gasteiger partial charge in [-0.1, -0.05) is 0 Å². The third-order valence-corrected chi connectivity index (χ3v) is 3.20. The van der Waals surface area contributed by atoms with Gasteiger partial charge < -0.3 is 15.3 Å². The van der Waals surface area contributed by atoms with Gasteiger partial charge in [0.2, 0.25) is 0 Å². The number of piperazine rings is 1. The summed E-state index contributed by atoms with van der Waals surface area (Å²) in [7, 11) is 2.00. The zero-order chi connectivity index (χ0) is 12.0. The highest BCUT2D eigenvalue weighted by Crippen LogP contribution is 2.01. The van der Waals surface area contributed by atoms with Crippen LogP contribution in [0.1, 0.15) is 13.3 Å². The number of hydrogen-bond acceptors (Lipinski definition) is 4. The summed E-state index contributed by atoms with van der Waals surface area (Å²) < 4.78 is 0. The van der Waals surface area contributed by atoms with Crippen LogP contribution in [0.2, 0.25) is 0 Å². The Bertz CT molecular complexity index is 217. The van der Waals surface area contributed by atoms with Gasteiger partial charge in [-0.05, 0) is 14.0 Å². The summed E-state index contributed by atoms with van der Waals surface area (Å²) in [6.45, 7) is 8.26. The number of carboxylic acids is 1. The fourth-order valence-corrected chi connectivity index (χ4v) is 1.86. The monoisotopic (exact) mass is 229 g/mol. The highest BCUT2D eigenvalue weighted by atomic mass is 16.4. The van der Waals surface area contributed by atoms with Crippen LogP contribution in [0.5, 0.6) is 0 Å². The molecule has 0 aliphatic carbocycles. The lowest BCUT2D eigenvalue weighted by Crippen LogP contribution is -2.46. The zero-order valence-electron chi connectivity index (χ0n) is 10.3. The second kappa shape index (κ2) is 6.83. The van der Waals surface area contributed by atoms with Crippen molar-refractivity contribution in [2.24, 2.45) is 0 Å². The van der Waals surface area contributed by atoms with E-state index in [1.807, 2.05) is 14.0 Å². The molecule has 0 aromatic rings. The lowest BCUT2D eigenvalue weighted by Gasteiger charge is -2.30. The molecule has 1 saturated heterocycles. The average Bonchev–Trinajstić information content (AvgIpc) is 2.26. The number of rotatable bonds is 6. The molecule has 2 N–H and O–H groups in total. The van der Waals surface area contributed by atoms with E-state index in [1.165, 1.54) is 0 Å². The number of carbonyl (C=O) groups is 1. The van der Waals surface area contributed by atoms with Crippen molar-refractivity contribution in [3.63, 3.8) is 0 Å². The van der Waals surface area contributed by atoms with Gasteiger partial charge in [-0.15, -0.1) is 0 Å². The summed E-state index contributed by atoms with van der Waals surface area (Å²) in [4.78, 5) is 15.1. The van der Waals surface area contributed by atoms with Crippen molar-refractivity contribution in [2.75, 3.05) is 46.3 Å². The standard InChI is InChI=1S/C11H23N3O2/c1-10(9-11(15)16)13(2)7-8-14-5-3-12-4-6-14/h10,12H,3-9H2,1-2H3,(H,15,16). The van der Waals surface area contributed by atoms with Crippen molar-refractivity contribution < 1.29 is 9.90 Å². The molecule has 1 atom stereocenters. The van der Waals surface area contributed by atoms with Crippen LogP contribution in [0.4, 0.5) is 0 Å². The summed E-state index contributed by atoms with van der Waals surface area (Å²) in [6.07, 6.45) is 0.220. The molecule has 1 aliphatic rings. The molecule has 16 heavy (non-hydrogen) atoms. The number of likely N-dealkylation sites (N-methyl/N-ethyl adjacent to an activating group) is 1. The summed E-state index contributed by atoms with van der Waals surface area (Å²) in [5.41, 5.74) is 0. The van der Waals surface area contributed by atoms with Crippen molar-refractivity contribution in [2.45, 2.75) is 19.4 Å². The van der Waals surface area contributed by atoms with E-state index < -0.39 is 5.97 Å². The number of nitrogens with zero attached hydrogens (tertiary/aromatic N) is 2. The molecule has 1 aliphatic heterocycles. The number of carboxylic acid groups (broad SMARTS) is 1. The van der Waals surface area contributed by atoms with Crippen LogP contribution in [0.25, 0.3) is 0 Å². The Labute approximate surface area is 97.4 Å². The van der Waals surface area contributed by atoms with Crippen molar-refractivity contribution in [1.82, 2.24) is 15.1 Å².